The second kappa shape index (κ2) is 9.96. The SMILES string of the molecule is CCCCC(=O)CCCCC(=O)OCC[N+](C)(C)C. The van der Waals surface area contributed by atoms with Gasteiger partial charge in [0.1, 0.15) is 18.9 Å². The third-order valence-corrected chi connectivity index (χ3v) is 2.92. The number of unbranched alkanes of at least 4 members (excludes halogenated alkanes) is 2. The van der Waals surface area contributed by atoms with Crippen LogP contribution in [0.25, 0.3) is 0 Å². The summed E-state index contributed by atoms with van der Waals surface area (Å²) in [5.74, 6) is 0.176. The second-order valence-corrected chi connectivity index (χ2v) is 6.08. The van der Waals surface area contributed by atoms with E-state index >= 15 is 0 Å². The van der Waals surface area contributed by atoms with Crippen molar-refractivity contribution in [1.29, 1.82) is 0 Å². The first-order valence-corrected chi connectivity index (χ1v) is 7.33. The molecule has 0 heterocycles. The summed E-state index contributed by atoms with van der Waals surface area (Å²) in [5.41, 5.74) is 0. The molecule has 0 fully saturated rings. The molecule has 0 bridgehead atoms. The van der Waals surface area contributed by atoms with E-state index in [2.05, 4.69) is 28.1 Å². The molecule has 0 spiro atoms. The average Bonchev–Trinajstić information content (AvgIpc) is 2.30. The molecular formula is C15H30NO3+. The molecule has 0 amide bonds. The van der Waals surface area contributed by atoms with Gasteiger partial charge in [0.15, 0.2) is 0 Å². The Morgan fingerprint density at radius 1 is 0.947 bits per heavy atom. The third kappa shape index (κ3) is 13.3. The van der Waals surface area contributed by atoms with Gasteiger partial charge in [-0.2, -0.15) is 0 Å². The van der Waals surface area contributed by atoms with E-state index in [0.29, 0.717) is 31.7 Å². The summed E-state index contributed by atoms with van der Waals surface area (Å²) in [7, 11) is 6.20. The van der Waals surface area contributed by atoms with E-state index < -0.39 is 0 Å². The normalized spacial score (nSPS) is 11.4. The number of likely N-dealkylation sites (N-methyl/N-ethyl adjacent to an activating group) is 1. The largest absolute Gasteiger partial charge is 0.460 e. The van der Waals surface area contributed by atoms with Crippen molar-refractivity contribution in [1.82, 2.24) is 0 Å². The molecule has 0 aliphatic carbocycles. The maximum Gasteiger partial charge on any atom is 0.305 e. The number of hydrogen-bond donors (Lipinski definition) is 0. The van der Waals surface area contributed by atoms with Crippen LogP contribution in [0, 0.1) is 0 Å². The van der Waals surface area contributed by atoms with E-state index in [1.807, 2.05) is 0 Å². The van der Waals surface area contributed by atoms with E-state index in [9.17, 15) is 9.59 Å². The minimum absolute atomic E-state index is 0.144. The first kappa shape index (κ1) is 18.1. The molecule has 112 valence electrons. The molecule has 4 heteroatoms. The maximum atomic E-state index is 11.4. The van der Waals surface area contributed by atoms with Crippen molar-refractivity contribution < 1.29 is 18.8 Å². The molecule has 0 aromatic carbocycles. The van der Waals surface area contributed by atoms with Crippen molar-refractivity contribution in [2.75, 3.05) is 34.3 Å². The molecule has 0 saturated carbocycles. The van der Waals surface area contributed by atoms with Crippen molar-refractivity contribution in [3.8, 4) is 0 Å². The second-order valence-electron chi connectivity index (χ2n) is 6.08. The molecule has 0 rings (SSSR count). The summed E-state index contributed by atoms with van der Waals surface area (Å²) in [6.45, 7) is 3.37. The van der Waals surface area contributed by atoms with Crippen LogP contribution < -0.4 is 0 Å². The molecule has 0 aliphatic rings. The molecule has 0 aromatic rings. The van der Waals surface area contributed by atoms with E-state index in [4.69, 9.17) is 4.74 Å². The zero-order valence-corrected chi connectivity index (χ0v) is 13.0. The molecule has 0 aliphatic heterocycles. The van der Waals surface area contributed by atoms with Gasteiger partial charge in [0.25, 0.3) is 0 Å². The van der Waals surface area contributed by atoms with Gasteiger partial charge < -0.3 is 9.22 Å². The molecule has 4 nitrogen and oxygen atoms in total. The van der Waals surface area contributed by atoms with E-state index in [1.54, 1.807) is 0 Å². The van der Waals surface area contributed by atoms with E-state index in [-0.39, 0.29) is 5.97 Å². The van der Waals surface area contributed by atoms with Crippen LogP contribution in [0.2, 0.25) is 0 Å². The van der Waals surface area contributed by atoms with Crippen molar-refractivity contribution >= 4 is 11.8 Å². The van der Waals surface area contributed by atoms with Crippen LogP contribution >= 0.6 is 0 Å². The van der Waals surface area contributed by atoms with Gasteiger partial charge in [0.05, 0.1) is 21.1 Å². The van der Waals surface area contributed by atoms with E-state index in [1.165, 1.54) is 0 Å². The van der Waals surface area contributed by atoms with Crippen molar-refractivity contribution in [3.05, 3.63) is 0 Å². The summed E-state index contributed by atoms with van der Waals surface area (Å²) >= 11 is 0. The van der Waals surface area contributed by atoms with Gasteiger partial charge in [0, 0.05) is 19.3 Å². The number of nitrogens with zero attached hydrogens (tertiary/aromatic N) is 1. The Bertz CT molecular complexity index is 269. The number of ketones is 1. The first-order valence-electron chi connectivity index (χ1n) is 7.33. The highest BCUT2D eigenvalue weighted by atomic mass is 16.5. The van der Waals surface area contributed by atoms with Crippen LogP contribution in [0.1, 0.15) is 51.9 Å². The molecule has 0 N–H and O–H groups in total. The number of rotatable bonds is 11. The molecule has 0 radical (unpaired) electrons. The Labute approximate surface area is 117 Å². The highest BCUT2D eigenvalue weighted by Crippen LogP contribution is 2.06. The summed E-state index contributed by atoms with van der Waals surface area (Å²) in [4.78, 5) is 22.8. The zero-order chi connectivity index (χ0) is 14.7. The van der Waals surface area contributed by atoms with Gasteiger partial charge in [-0.15, -0.1) is 0 Å². The molecule has 0 aromatic heterocycles. The average molecular weight is 272 g/mol. The van der Waals surface area contributed by atoms with Gasteiger partial charge in [-0.05, 0) is 19.3 Å². The Kier molecular flexibility index (Phi) is 9.48. The predicted octanol–water partition coefficient (Wildman–Crippen LogP) is 2.56. The highest BCUT2D eigenvalue weighted by Gasteiger charge is 2.09. The van der Waals surface area contributed by atoms with Gasteiger partial charge in [0.2, 0.25) is 0 Å². The Balaban J connectivity index is 3.46. The summed E-state index contributed by atoms with van der Waals surface area (Å²) in [5, 5.41) is 0. The van der Waals surface area contributed by atoms with E-state index in [0.717, 1.165) is 36.7 Å². The standard InChI is InChI=1S/C15H30NO3/c1-5-6-9-14(17)10-7-8-11-15(18)19-13-12-16(2,3)4/h5-13H2,1-4H3/q+1. The summed E-state index contributed by atoms with van der Waals surface area (Å²) in [6.07, 6.45) is 5.30. The quantitative estimate of drug-likeness (QED) is 0.330. The Morgan fingerprint density at radius 2 is 1.53 bits per heavy atom. The molecular weight excluding hydrogens is 242 g/mol. The lowest BCUT2D eigenvalue weighted by Gasteiger charge is -2.23. The van der Waals surface area contributed by atoms with Crippen molar-refractivity contribution in [2.45, 2.75) is 51.9 Å². The molecule has 19 heavy (non-hydrogen) atoms. The maximum absolute atomic E-state index is 11.4. The summed E-state index contributed by atoms with van der Waals surface area (Å²) in [6, 6.07) is 0. The number of hydrogen-bond acceptors (Lipinski definition) is 3. The molecule has 0 saturated heterocycles. The minimum Gasteiger partial charge on any atom is -0.460 e. The number of esters is 1. The predicted molar refractivity (Wildman–Crippen MR) is 76.9 cm³/mol. The summed E-state index contributed by atoms with van der Waals surface area (Å²) < 4.78 is 5.94. The van der Waals surface area contributed by atoms with Crippen LogP contribution in [0.5, 0.6) is 0 Å². The molecule has 0 unspecified atom stereocenters. The van der Waals surface area contributed by atoms with Gasteiger partial charge in [-0.1, -0.05) is 13.3 Å². The number of Topliss-reactive ketones (excluding diaryl/α,β-unsaturated/α-hetero) is 1. The Hall–Kier alpha value is -0.900. The fourth-order valence-electron chi connectivity index (χ4n) is 1.60. The topological polar surface area (TPSA) is 43.4 Å². The first-order chi connectivity index (χ1) is 8.85. The van der Waals surface area contributed by atoms with Gasteiger partial charge in [-0.3, -0.25) is 9.59 Å². The smallest absolute Gasteiger partial charge is 0.305 e. The zero-order valence-electron chi connectivity index (χ0n) is 13.0. The number of ether oxygens (including phenoxy) is 1. The third-order valence-electron chi connectivity index (χ3n) is 2.92. The molecule has 0 atom stereocenters. The fourth-order valence-corrected chi connectivity index (χ4v) is 1.60. The lowest BCUT2D eigenvalue weighted by molar-refractivity contribution is -0.870. The van der Waals surface area contributed by atoms with Crippen LogP contribution in [-0.2, 0) is 14.3 Å². The van der Waals surface area contributed by atoms with Crippen LogP contribution in [0.4, 0.5) is 0 Å². The lowest BCUT2D eigenvalue weighted by Crippen LogP contribution is -2.38. The van der Waals surface area contributed by atoms with Crippen molar-refractivity contribution in [2.24, 2.45) is 0 Å². The van der Waals surface area contributed by atoms with Gasteiger partial charge in [-0.25, -0.2) is 0 Å². The van der Waals surface area contributed by atoms with Crippen LogP contribution in [-0.4, -0.2) is 50.5 Å². The monoisotopic (exact) mass is 272 g/mol. The van der Waals surface area contributed by atoms with Crippen LogP contribution in [0.3, 0.4) is 0 Å². The minimum atomic E-state index is -0.144. The fraction of sp³-hybridized carbons (Fsp3) is 0.867. The van der Waals surface area contributed by atoms with Crippen molar-refractivity contribution in [3.63, 3.8) is 0 Å². The lowest BCUT2D eigenvalue weighted by atomic mass is 10.1. The number of quaternary nitrogens is 1. The van der Waals surface area contributed by atoms with Gasteiger partial charge >= 0.3 is 5.97 Å². The highest BCUT2D eigenvalue weighted by molar-refractivity contribution is 5.78. The number of carbonyl (C=O) groups is 2. The number of carbonyl (C=O) groups excluding carboxylic acids is 2. The Morgan fingerprint density at radius 3 is 2.11 bits per heavy atom. The van der Waals surface area contributed by atoms with Crippen LogP contribution in [0.15, 0.2) is 0 Å².